The number of aryl methyl sites for hydroxylation is 1. The molecular formula is C22H28N2O4. The molecule has 2 rings (SSSR count). The van der Waals surface area contributed by atoms with Crippen molar-refractivity contribution >= 4 is 11.9 Å². The molecule has 0 saturated carbocycles. The maximum atomic E-state index is 13.1. The van der Waals surface area contributed by atoms with E-state index >= 15 is 0 Å². The molecular weight excluding hydrogens is 356 g/mol. The quantitative estimate of drug-likeness (QED) is 0.633. The number of hydrogen-bond donors (Lipinski definition) is 1. The minimum Gasteiger partial charge on any atom is -0.481 e. The van der Waals surface area contributed by atoms with E-state index in [0.29, 0.717) is 37.4 Å². The smallest absolute Gasteiger partial charge is 0.308 e. The van der Waals surface area contributed by atoms with Crippen LogP contribution in [-0.4, -0.2) is 53.2 Å². The van der Waals surface area contributed by atoms with Gasteiger partial charge >= 0.3 is 5.97 Å². The van der Waals surface area contributed by atoms with E-state index in [0.717, 1.165) is 11.3 Å². The summed E-state index contributed by atoms with van der Waals surface area (Å²) in [6.45, 7) is 7.07. The van der Waals surface area contributed by atoms with E-state index in [9.17, 15) is 14.7 Å². The summed E-state index contributed by atoms with van der Waals surface area (Å²) in [4.78, 5) is 30.5. The molecule has 1 atom stereocenters. The number of aliphatic carboxylic acids is 1. The van der Waals surface area contributed by atoms with Gasteiger partial charge in [-0.25, -0.2) is 0 Å². The Hall–Kier alpha value is -2.73. The molecule has 1 N–H and O–H groups in total. The van der Waals surface area contributed by atoms with Gasteiger partial charge in [-0.1, -0.05) is 37.3 Å². The van der Waals surface area contributed by atoms with E-state index in [-0.39, 0.29) is 12.5 Å². The molecule has 0 spiro atoms. The number of carboxylic acid groups (broad SMARTS) is 1. The number of pyridine rings is 1. The van der Waals surface area contributed by atoms with Crippen molar-refractivity contribution in [2.24, 2.45) is 5.92 Å². The molecule has 150 valence electrons. The van der Waals surface area contributed by atoms with Gasteiger partial charge in [-0.15, -0.1) is 0 Å². The molecule has 1 unspecified atom stereocenters. The molecule has 0 aliphatic carbocycles. The fourth-order valence-electron chi connectivity index (χ4n) is 2.91. The Kier molecular flexibility index (Phi) is 8.14. The van der Waals surface area contributed by atoms with Crippen LogP contribution in [0.5, 0.6) is 0 Å². The highest BCUT2D eigenvalue weighted by atomic mass is 16.5. The van der Waals surface area contributed by atoms with Crippen molar-refractivity contribution in [3.8, 4) is 11.3 Å². The normalized spacial score (nSPS) is 11.8. The number of ether oxygens (including phenoxy) is 1. The van der Waals surface area contributed by atoms with Gasteiger partial charge < -0.3 is 14.7 Å². The number of nitrogens with zero attached hydrogens (tertiary/aromatic N) is 2. The van der Waals surface area contributed by atoms with Gasteiger partial charge in [-0.3, -0.25) is 14.6 Å². The van der Waals surface area contributed by atoms with E-state index in [4.69, 9.17) is 4.74 Å². The third kappa shape index (κ3) is 5.89. The Bertz CT molecular complexity index is 792. The van der Waals surface area contributed by atoms with Crippen LogP contribution in [0.2, 0.25) is 0 Å². The predicted molar refractivity (Wildman–Crippen MR) is 108 cm³/mol. The number of carboxylic acids is 1. The second-order valence-corrected chi connectivity index (χ2v) is 6.74. The molecule has 1 aromatic carbocycles. The van der Waals surface area contributed by atoms with E-state index < -0.39 is 11.9 Å². The molecule has 0 bridgehead atoms. The van der Waals surface area contributed by atoms with Gasteiger partial charge in [0.25, 0.3) is 5.91 Å². The molecule has 1 aromatic heterocycles. The summed E-state index contributed by atoms with van der Waals surface area (Å²) in [5.74, 6) is -1.76. The van der Waals surface area contributed by atoms with Gasteiger partial charge in [0.2, 0.25) is 0 Å². The van der Waals surface area contributed by atoms with Crippen LogP contribution in [-0.2, 0) is 9.53 Å². The van der Waals surface area contributed by atoms with Crippen molar-refractivity contribution in [1.29, 1.82) is 0 Å². The van der Waals surface area contributed by atoms with E-state index in [1.165, 1.54) is 0 Å². The van der Waals surface area contributed by atoms with Gasteiger partial charge in [-0.2, -0.15) is 0 Å². The second kappa shape index (κ2) is 10.6. The van der Waals surface area contributed by atoms with Gasteiger partial charge in [0.15, 0.2) is 0 Å². The van der Waals surface area contributed by atoms with Crippen molar-refractivity contribution < 1.29 is 19.4 Å². The zero-order chi connectivity index (χ0) is 20.5. The third-order valence-electron chi connectivity index (χ3n) is 4.51. The Morgan fingerprint density at radius 3 is 2.50 bits per heavy atom. The highest BCUT2D eigenvalue weighted by Gasteiger charge is 2.23. The van der Waals surface area contributed by atoms with Crippen LogP contribution in [0.3, 0.4) is 0 Å². The van der Waals surface area contributed by atoms with E-state index in [1.54, 1.807) is 24.8 Å². The van der Waals surface area contributed by atoms with Crippen LogP contribution in [0.25, 0.3) is 11.3 Å². The topological polar surface area (TPSA) is 79.7 Å². The largest absolute Gasteiger partial charge is 0.481 e. The van der Waals surface area contributed by atoms with Crippen LogP contribution in [0.1, 0.15) is 36.3 Å². The fourth-order valence-corrected chi connectivity index (χ4v) is 2.91. The Morgan fingerprint density at radius 1 is 1.18 bits per heavy atom. The summed E-state index contributed by atoms with van der Waals surface area (Å²) in [5, 5.41) is 9.23. The molecule has 0 radical (unpaired) electrons. The molecule has 6 nitrogen and oxygen atoms in total. The second-order valence-electron chi connectivity index (χ2n) is 6.74. The molecule has 0 aliphatic heterocycles. The molecule has 0 aliphatic rings. The minimum atomic E-state index is -0.920. The van der Waals surface area contributed by atoms with Crippen LogP contribution in [0.4, 0.5) is 0 Å². The average Bonchev–Trinajstić information content (AvgIpc) is 2.70. The zero-order valence-corrected chi connectivity index (χ0v) is 16.7. The SMILES string of the molecule is CCOCCCN(CC(C)C(=O)O)C(=O)c1ccc(-c2ccccc2)nc1C. The Labute approximate surface area is 166 Å². The van der Waals surface area contributed by atoms with E-state index in [2.05, 4.69) is 4.98 Å². The summed E-state index contributed by atoms with van der Waals surface area (Å²) in [6, 6.07) is 13.4. The number of rotatable bonds is 10. The molecule has 0 saturated heterocycles. The lowest BCUT2D eigenvalue weighted by atomic mass is 10.1. The first-order valence-electron chi connectivity index (χ1n) is 9.57. The van der Waals surface area contributed by atoms with Gasteiger partial charge in [0, 0.05) is 31.9 Å². The fraction of sp³-hybridized carbons (Fsp3) is 0.409. The highest BCUT2D eigenvalue weighted by Crippen LogP contribution is 2.20. The monoisotopic (exact) mass is 384 g/mol. The summed E-state index contributed by atoms with van der Waals surface area (Å²) in [7, 11) is 0. The summed E-state index contributed by atoms with van der Waals surface area (Å²) < 4.78 is 5.34. The number of amides is 1. The van der Waals surface area contributed by atoms with Crippen molar-refractivity contribution in [2.75, 3.05) is 26.3 Å². The van der Waals surface area contributed by atoms with Crippen molar-refractivity contribution in [3.63, 3.8) is 0 Å². The zero-order valence-electron chi connectivity index (χ0n) is 16.7. The first kappa shape index (κ1) is 21.6. The lowest BCUT2D eigenvalue weighted by Crippen LogP contribution is -2.38. The summed E-state index contributed by atoms with van der Waals surface area (Å²) in [6.07, 6.45) is 0.653. The number of carbonyl (C=O) groups is 2. The number of aromatic nitrogens is 1. The molecule has 6 heteroatoms. The first-order chi connectivity index (χ1) is 13.4. The minimum absolute atomic E-state index is 0.153. The molecule has 28 heavy (non-hydrogen) atoms. The Morgan fingerprint density at radius 2 is 1.89 bits per heavy atom. The lowest BCUT2D eigenvalue weighted by Gasteiger charge is -2.25. The highest BCUT2D eigenvalue weighted by molar-refractivity contribution is 5.95. The van der Waals surface area contributed by atoms with Gasteiger partial charge in [0.1, 0.15) is 0 Å². The maximum Gasteiger partial charge on any atom is 0.308 e. The predicted octanol–water partition coefficient (Wildman–Crippen LogP) is 3.65. The van der Waals surface area contributed by atoms with Crippen LogP contribution >= 0.6 is 0 Å². The molecule has 2 aromatic rings. The number of hydrogen-bond acceptors (Lipinski definition) is 4. The van der Waals surface area contributed by atoms with Crippen LogP contribution < -0.4 is 0 Å². The number of carbonyl (C=O) groups excluding carboxylic acids is 1. The Balaban J connectivity index is 2.20. The van der Waals surface area contributed by atoms with Gasteiger partial charge in [0.05, 0.1) is 22.9 Å². The molecule has 1 amide bonds. The maximum absolute atomic E-state index is 13.1. The van der Waals surface area contributed by atoms with Crippen LogP contribution in [0.15, 0.2) is 42.5 Å². The van der Waals surface area contributed by atoms with Crippen LogP contribution in [0, 0.1) is 12.8 Å². The average molecular weight is 384 g/mol. The summed E-state index contributed by atoms with van der Waals surface area (Å²) >= 11 is 0. The third-order valence-corrected chi connectivity index (χ3v) is 4.51. The van der Waals surface area contributed by atoms with Crippen molar-refractivity contribution in [1.82, 2.24) is 9.88 Å². The molecule has 0 fully saturated rings. The van der Waals surface area contributed by atoms with Crippen molar-refractivity contribution in [2.45, 2.75) is 27.2 Å². The first-order valence-corrected chi connectivity index (χ1v) is 9.57. The van der Waals surface area contributed by atoms with Crippen molar-refractivity contribution in [3.05, 3.63) is 53.7 Å². The standard InChI is InChI=1S/C22H28N2O4/c1-4-28-14-8-13-24(15-16(2)22(26)27)21(25)19-11-12-20(23-17(19)3)18-9-6-5-7-10-18/h5-7,9-12,16H,4,8,13-15H2,1-3H3,(H,26,27). The summed E-state index contributed by atoms with van der Waals surface area (Å²) in [5.41, 5.74) is 2.91. The lowest BCUT2D eigenvalue weighted by molar-refractivity contribution is -0.141. The van der Waals surface area contributed by atoms with E-state index in [1.807, 2.05) is 43.3 Å². The molecule has 1 heterocycles. The van der Waals surface area contributed by atoms with Gasteiger partial charge in [-0.05, 0) is 32.4 Å². The number of benzene rings is 1.